The second kappa shape index (κ2) is 4.16. The molecule has 3 heteroatoms. The van der Waals surface area contributed by atoms with Crippen molar-refractivity contribution in [1.29, 1.82) is 0 Å². The summed E-state index contributed by atoms with van der Waals surface area (Å²) in [6, 6.07) is 5.40. The van der Waals surface area contributed by atoms with Crippen molar-refractivity contribution in [2.45, 2.75) is 33.1 Å². The predicted octanol–water partition coefficient (Wildman–Crippen LogP) is 4.55. The molecule has 1 aromatic carbocycles. The first-order valence-corrected chi connectivity index (χ1v) is 6.02. The zero-order valence-corrected chi connectivity index (χ0v) is 11.3. The molecular weight excluding hydrogens is 227 g/mol. The second-order valence-electron chi connectivity index (χ2n) is 5.76. The van der Waals surface area contributed by atoms with Gasteiger partial charge in [-0.15, -0.1) is 0 Å². The van der Waals surface area contributed by atoms with Gasteiger partial charge in [-0.3, -0.25) is 0 Å². The molecule has 0 bridgehead atoms. The lowest BCUT2D eigenvalue weighted by Crippen LogP contribution is -2.10. The largest absolute Gasteiger partial charge is 0.358 e. The number of fused-ring (bicyclic) bond motifs is 1. The number of aromatic amines is 1. The zero-order chi connectivity index (χ0) is 13.5. The van der Waals surface area contributed by atoms with Gasteiger partial charge < -0.3 is 10.3 Å². The molecule has 0 aliphatic heterocycles. The summed E-state index contributed by atoms with van der Waals surface area (Å²) < 4.78 is 13.9. The van der Waals surface area contributed by atoms with Gasteiger partial charge in [0.05, 0.1) is 5.69 Å². The molecule has 0 spiro atoms. The van der Waals surface area contributed by atoms with Gasteiger partial charge in [0.25, 0.3) is 0 Å². The highest BCUT2D eigenvalue weighted by Gasteiger charge is 2.17. The van der Waals surface area contributed by atoms with Crippen LogP contribution in [0.5, 0.6) is 0 Å². The van der Waals surface area contributed by atoms with E-state index in [2.05, 4.69) is 43.7 Å². The molecular formula is C15H19FN2. The normalized spacial score (nSPS) is 11.8. The number of rotatable bonds is 2. The summed E-state index contributed by atoms with van der Waals surface area (Å²) in [6.07, 6.45) is 0. The number of allylic oxidation sites excluding steroid dienone is 1. The van der Waals surface area contributed by atoms with E-state index in [1.165, 1.54) is 6.07 Å². The summed E-state index contributed by atoms with van der Waals surface area (Å²) in [4.78, 5) is 3.27. The Morgan fingerprint density at radius 3 is 2.50 bits per heavy atom. The van der Waals surface area contributed by atoms with Crippen molar-refractivity contribution in [3.05, 3.63) is 42.0 Å². The van der Waals surface area contributed by atoms with Crippen molar-refractivity contribution in [2.75, 3.05) is 5.32 Å². The Bertz CT molecular complexity index is 603. The van der Waals surface area contributed by atoms with Gasteiger partial charge in [-0.25, -0.2) is 4.39 Å². The Kier molecular flexibility index (Phi) is 2.93. The molecule has 1 aromatic heterocycles. The monoisotopic (exact) mass is 246 g/mol. The number of anilines is 1. The molecule has 2 N–H and O–H groups in total. The minimum Gasteiger partial charge on any atom is -0.358 e. The second-order valence-corrected chi connectivity index (χ2v) is 5.76. The predicted molar refractivity (Wildman–Crippen MR) is 75.4 cm³/mol. The lowest BCUT2D eigenvalue weighted by atomic mass is 9.92. The van der Waals surface area contributed by atoms with Crippen LogP contribution >= 0.6 is 0 Å². The van der Waals surface area contributed by atoms with Crippen molar-refractivity contribution >= 4 is 16.6 Å². The van der Waals surface area contributed by atoms with E-state index < -0.39 is 0 Å². The van der Waals surface area contributed by atoms with Gasteiger partial charge >= 0.3 is 0 Å². The molecule has 0 aliphatic carbocycles. The molecule has 0 saturated carbocycles. The van der Waals surface area contributed by atoms with E-state index in [0.717, 1.165) is 22.3 Å². The SMILES string of the molecule is C=C(C)Nc1cc2cc(C(C)(C)C)[nH]c2cc1F. The minimum absolute atomic E-state index is 0.0252. The molecule has 0 aliphatic rings. The number of H-pyrrole nitrogens is 1. The topological polar surface area (TPSA) is 27.8 Å². The van der Waals surface area contributed by atoms with Crippen LogP contribution in [0.25, 0.3) is 10.9 Å². The summed E-state index contributed by atoms with van der Waals surface area (Å²) in [7, 11) is 0. The molecule has 1 heterocycles. The van der Waals surface area contributed by atoms with Gasteiger partial charge in [0.1, 0.15) is 5.82 Å². The highest BCUT2D eigenvalue weighted by Crippen LogP contribution is 2.29. The van der Waals surface area contributed by atoms with E-state index in [1.807, 2.05) is 6.07 Å². The molecule has 0 fully saturated rings. The van der Waals surface area contributed by atoms with Crippen molar-refractivity contribution in [2.24, 2.45) is 0 Å². The third-order valence-electron chi connectivity index (χ3n) is 2.86. The van der Waals surface area contributed by atoms with Crippen molar-refractivity contribution in [1.82, 2.24) is 4.98 Å². The standard InChI is InChI=1S/C15H19FN2/c1-9(2)17-13-6-10-7-14(15(3,4)5)18-12(10)8-11(13)16/h6-8,17-18H,1H2,2-5H3. The maximum atomic E-state index is 13.9. The summed E-state index contributed by atoms with van der Waals surface area (Å²) in [5.74, 6) is -0.271. The van der Waals surface area contributed by atoms with Crippen LogP contribution < -0.4 is 5.32 Å². The van der Waals surface area contributed by atoms with Gasteiger partial charge in [0, 0.05) is 33.8 Å². The smallest absolute Gasteiger partial charge is 0.148 e. The molecule has 0 saturated heterocycles. The van der Waals surface area contributed by atoms with E-state index in [9.17, 15) is 4.39 Å². The fourth-order valence-electron chi connectivity index (χ4n) is 1.88. The van der Waals surface area contributed by atoms with Crippen molar-refractivity contribution in [3.63, 3.8) is 0 Å². The van der Waals surface area contributed by atoms with Gasteiger partial charge in [-0.05, 0) is 19.1 Å². The number of nitrogens with one attached hydrogen (secondary N) is 2. The maximum Gasteiger partial charge on any atom is 0.148 e. The number of hydrogen-bond donors (Lipinski definition) is 2. The Morgan fingerprint density at radius 1 is 1.28 bits per heavy atom. The zero-order valence-electron chi connectivity index (χ0n) is 11.3. The molecule has 0 amide bonds. The Hall–Kier alpha value is -1.77. The summed E-state index contributed by atoms with van der Waals surface area (Å²) in [6.45, 7) is 11.9. The van der Waals surface area contributed by atoms with Crippen molar-refractivity contribution in [3.8, 4) is 0 Å². The first-order chi connectivity index (χ1) is 8.27. The number of halogens is 1. The summed E-state index contributed by atoms with van der Waals surface area (Å²) in [5.41, 5.74) is 3.14. The Morgan fingerprint density at radius 2 is 1.94 bits per heavy atom. The fourth-order valence-corrected chi connectivity index (χ4v) is 1.88. The van der Waals surface area contributed by atoms with E-state index >= 15 is 0 Å². The van der Waals surface area contributed by atoms with E-state index in [0.29, 0.717) is 5.69 Å². The fraction of sp³-hybridized carbons (Fsp3) is 0.333. The summed E-state index contributed by atoms with van der Waals surface area (Å²) in [5, 5.41) is 3.93. The highest BCUT2D eigenvalue weighted by atomic mass is 19.1. The molecule has 2 nitrogen and oxygen atoms in total. The molecule has 0 atom stereocenters. The summed E-state index contributed by atoms with van der Waals surface area (Å²) >= 11 is 0. The first-order valence-electron chi connectivity index (χ1n) is 6.02. The molecule has 96 valence electrons. The van der Waals surface area contributed by atoms with Crippen LogP contribution in [0.3, 0.4) is 0 Å². The van der Waals surface area contributed by atoms with Crippen molar-refractivity contribution < 1.29 is 4.39 Å². The lowest BCUT2D eigenvalue weighted by molar-refractivity contribution is 0.574. The van der Waals surface area contributed by atoms with Crippen LogP contribution in [0, 0.1) is 5.82 Å². The van der Waals surface area contributed by atoms with Crippen LogP contribution in [-0.2, 0) is 5.41 Å². The average molecular weight is 246 g/mol. The lowest BCUT2D eigenvalue weighted by Gasteiger charge is -2.15. The van der Waals surface area contributed by atoms with E-state index in [4.69, 9.17) is 0 Å². The third-order valence-corrected chi connectivity index (χ3v) is 2.86. The first kappa shape index (κ1) is 12.7. The number of hydrogen-bond acceptors (Lipinski definition) is 1. The van der Waals surface area contributed by atoms with Gasteiger partial charge in [0.15, 0.2) is 0 Å². The van der Waals surface area contributed by atoms with Crippen LogP contribution in [0.4, 0.5) is 10.1 Å². The molecule has 18 heavy (non-hydrogen) atoms. The molecule has 2 aromatic rings. The van der Waals surface area contributed by atoms with E-state index in [-0.39, 0.29) is 11.2 Å². The van der Waals surface area contributed by atoms with Gasteiger partial charge in [0.2, 0.25) is 0 Å². The van der Waals surface area contributed by atoms with Gasteiger partial charge in [-0.2, -0.15) is 0 Å². The number of aromatic nitrogens is 1. The molecule has 0 unspecified atom stereocenters. The Labute approximate surface area is 107 Å². The van der Waals surface area contributed by atoms with Crippen LogP contribution in [0.1, 0.15) is 33.4 Å². The van der Waals surface area contributed by atoms with E-state index in [1.54, 1.807) is 6.92 Å². The van der Waals surface area contributed by atoms with Crippen LogP contribution in [-0.4, -0.2) is 4.98 Å². The minimum atomic E-state index is -0.271. The molecule has 2 rings (SSSR count). The van der Waals surface area contributed by atoms with Crippen LogP contribution in [0.15, 0.2) is 30.5 Å². The highest BCUT2D eigenvalue weighted by molar-refractivity contribution is 5.84. The molecule has 0 radical (unpaired) electrons. The van der Waals surface area contributed by atoms with Gasteiger partial charge in [-0.1, -0.05) is 27.4 Å². The quantitative estimate of drug-likeness (QED) is 0.799. The Balaban J connectivity index is 2.54. The third kappa shape index (κ3) is 2.40. The average Bonchev–Trinajstić information content (AvgIpc) is 2.59. The number of benzene rings is 1. The van der Waals surface area contributed by atoms with Crippen LogP contribution in [0.2, 0.25) is 0 Å². The maximum absolute atomic E-state index is 13.9.